The number of benzene rings is 1. The molecule has 1 saturated heterocycles. The van der Waals surface area contributed by atoms with Crippen LogP contribution in [0.25, 0.3) is 5.69 Å². The molecule has 0 radical (unpaired) electrons. The molecule has 1 aromatic heterocycles. The Bertz CT molecular complexity index is 730. The molecule has 1 aliphatic rings. The fraction of sp³-hybridized carbons (Fsp3) is 0.412. The van der Waals surface area contributed by atoms with Crippen molar-refractivity contribution in [1.82, 2.24) is 20.4 Å². The van der Waals surface area contributed by atoms with Gasteiger partial charge in [-0.05, 0) is 50.9 Å². The number of nitrogens with one attached hydrogen (secondary N) is 3. The predicted molar refractivity (Wildman–Crippen MR) is 96.3 cm³/mol. The molecule has 24 heavy (non-hydrogen) atoms. The van der Waals surface area contributed by atoms with E-state index in [0.717, 1.165) is 37.2 Å². The number of H-pyrrole nitrogens is 1. The SMILES string of the molecule is Cc1ccc(-n2[nH]c(C(=O)NCC3CCCNC3)cc2=O)cc1.Cl. The van der Waals surface area contributed by atoms with Crippen molar-refractivity contribution >= 4 is 18.3 Å². The molecule has 130 valence electrons. The van der Waals surface area contributed by atoms with Crippen LogP contribution in [0.2, 0.25) is 0 Å². The smallest absolute Gasteiger partial charge is 0.271 e. The third kappa shape index (κ3) is 4.27. The van der Waals surface area contributed by atoms with Crippen LogP contribution in [-0.2, 0) is 0 Å². The van der Waals surface area contributed by atoms with E-state index in [1.807, 2.05) is 31.2 Å². The summed E-state index contributed by atoms with van der Waals surface area (Å²) in [5.41, 5.74) is 1.89. The van der Waals surface area contributed by atoms with Crippen molar-refractivity contribution in [2.75, 3.05) is 19.6 Å². The highest BCUT2D eigenvalue weighted by molar-refractivity contribution is 5.92. The Labute approximate surface area is 147 Å². The van der Waals surface area contributed by atoms with Crippen molar-refractivity contribution in [3.05, 3.63) is 51.9 Å². The lowest BCUT2D eigenvalue weighted by Crippen LogP contribution is -2.38. The van der Waals surface area contributed by atoms with E-state index >= 15 is 0 Å². The van der Waals surface area contributed by atoms with Gasteiger partial charge in [0.1, 0.15) is 5.69 Å². The molecule has 0 aliphatic carbocycles. The molecule has 0 bridgehead atoms. The van der Waals surface area contributed by atoms with Crippen molar-refractivity contribution in [2.24, 2.45) is 5.92 Å². The summed E-state index contributed by atoms with van der Waals surface area (Å²) in [6, 6.07) is 8.90. The first-order valence-corrected chi connectivity index (χ1v) is 8.01. The predicted octanol–water partition coefficient (Wildman–Crippen LogP) is 1.63. The third-order valence-corrected chi connectivity index (χ3v) is 4.21. The number of nitrogens with zero attached hydrogens (tertiary/aromatic N) is 1. The number of carbonyl (C=O) groups excluding carboxylic acids is 1. The van der Waals surface area contributed by atoms with Gasteiger partial charge in [0, 0.05) is 12.6 Å². The number of hydrogen-bond acceptors (Lipinski definition) is 3. The van der Waals surface area contributed by atoms with Crippen LogP contribution < -0.4 is 16.2 Å². The number of aromatic amines is 1. The Morgan fingerprint density at radius 3 is 2.75 bits per heavy atom. The summed E-state index contributed by atoms with van der Waals surface area (Å²) in [6.45, 7) is 4.60. The monoisotopic (exact) mass is 350 g/mol. The van der Waals surface area contributed by atoms with Crippen molar-refractivity contribution in [1.29, 1.82) is 0 Å². The van der Waals surface area contributed by atoms with Gasteiger partial charge in [-0.3, -0.25) is 14.7 Å². The van der Waals surface area contributed by atoms with E-state index in [1.54, 1.807) is 0 Å². The lowest BCUT2D eigenvalue weighted by atomic mass is 10.00. The van der Waals surface area contributed by atoms with Crippen molar-refractivity contribution in [2.45, 2.75) is 19.8 Å². The van der Waals surface area contributed by atoms with E-state index in [-0.39, 0.29) is 23.9 Å². The molecule has 3 N–H and O–H groups in total. The van der Waals surface area contributed by atoms with Gasteiger partial charge in [0.2, 0.25) is 0 Å². The minimum atomic E-state index is -0.238. The number of amides is 1. The highest BCUT2D eigenvalue weighted by Gasteiger charge is 2.16. The Morgan fingerprint density at radius 1 is 1.33 bits per heavy atom. The lowest BCUT2D eigenvalue weighted by molar-refractivity contribution is 0.0939. The topological polar surface area (TPSA) is 78.9 Å². The van der Waals surface area contributed by atoms with Crippen LogP contribution in [-0.4, -0.2) is 35.3 Å². The highest BCUT2D eigenvalue weighted by Crippen LogP contribution is 2.09. The fourth-order valence-corrected chi connectivity index (χ4v) is 2.83. The van der Waals surface area contributed by atoms with Crippen LogP contribution in [0.15, 0.2) is 35.1 Å². The van der Waals surface area contributed by atoms with E-state index in [4.69, 9.17) is 0 Å². The molecule has 1 amide bonds. The zero-order valence-corrected chi connectivity index (χ0v) is 14.5. The molecular weight excluding hydrogens is 328 g/mol. The molecule has 1 aliphatic heterocycles. The number of halogens is 1. The van der Waals surface area contributed by atoms with Crippen molar-refractivity contribution < 1.29 is 4.79 Å². The number of piperidine rings is 1. The molecule has 0 spiro atoms. The molecule has 6 nitrogen and oxygen atoms in total. The van der Waals surface area contributed by atoms with Gasteiger partial charge in [-0.1, -0.05) is 17.7 Å². The number of rotatable bonds is 4. The molecule has 1 aromatic carbocycles. The highest BCUT2D eigenvalue weighted by atomic mass is 35.5. The number of aryl methyl sites for hydroxylation is 1. The van der Waals surface area contributed by atoms with Crippen molar-refractivity contribution in [3.8, 4) is 5.69 Å². The maximum atomic E-state index is 12.2. The Hall–Kier alpha value is -2.05. The summed E-state index contributed by atoms with van der Waals surface area (Å²) in [6.07, 6.45) is 2.26. The number of aromatic nitrogens is 2. The minimum absolute atomic E-state index is 0. The molecule has 1 unspecified atom stereocenters. The van der Waals surface area contributed by atoms with Gasteiger partial charge in [-0.15, -0.1) is 12.4 Å². The van der Waals surface area contributed by atoms with E-state index in [9.17, 15) is 9.59 Å². The van der Waals surface area contributed by atoms with Gasteiger partial charge in [0.15, 0.2) is 0 Å². The molecule has 2 heterocycles. The molecule has 3 rings (SSSR count). The summed E-state index contributed by atoms with van der Waals surface area (Å²) >= 11 is 0. The van der Waals surface area contributed by atoms with E-state index in [1.165, 1.54) is 10.7 Å². The molecule has 2 aromatic rings. The average molecular weight is 351 g/mol. The molecule has 1 atom stereocenters. The maximum absolute atomic E-state index is 12.2. The normalized spacial score (nSPS) is 17.1. The summed E-state index contributed by atoms with van der Waals surface area (Å²) in [5, 5.41) is 9.11. The first-order chi connectivity index (χ1) is 11.1. The summed E-state index contributed by atoms with van der Waals surface area (Å²) in [7, 11) is 0. The Morgan fingerprint density at radius 2 is 2.08 bits per heavy atom. The van der Waals surface area contributed by atoms with Crippen molar-refractivity contribution in [3.63, 3.8) is 0 Å². The Kier molecular flexibility index (Phi) is 6.23. The second-order valence-corrected chi connectivity index (χ2v) is 6.10. The standard InChI is InChI=1S/C17H22N4O2.ClH/c1-12-4-6-14(7-5-12)21-16(22)9-15(20-21)17(23)19-11-13-3-2-8-18-10-13;/h4-7,9,13,18,20H,2-3,8,10-11H2,1H3,(H,19,23);1H. The quantitative estimate of drug-likeness (QED) is 0.784. The van der Waals surface area contributed by atoms with Crippen LogP contribution in [0.1, 0.15) is 28.9 Å². The second-order valence-electron chi connectivity index (χ2n) is 6.10. The van der Waals surface area contributed by atoms with E-state index in [2.05, 4.69) is 15.7 Å². The third-order valence-electron chi connectivity index (χ3n) is 4.21. The van der Waals surface area contributed by atoms with Crippen LogP contribution in [0.4, 0.5) is 0 Å². The zero-order chi connectivity index (χ0) is 16.2. The minimum Gasteiger partial charge on any atom is -0.350 e. The van der Waals surface area contributed by atoms with Crippen LogP contribution >= 0.6 is 12.4 Å². The molecule has 1 fully saturated rings. The second kappa shape index (κ2) is 8.17. The largest absolute Gasteiger partial charge is 0.350 e. The molecule has 0 saturated carbocycles. The first-order valence-electron chi connectivity index (χ1n) is 8.01. The molecule has 7 heteroatoms. The summed E-state index contributed by atoms with van der Waals surface area (Å²) < 4.78 is 1.39. The van der Waals surface area contributed by atoms with Gasteiger partial charge in [0.25, 0.3) is 11.5 Å². The molecular formula is C17H23ClN4O2. The van der Waals surface area contributed by atoms with E-state index < -0.39 is 0 Å². The van der Waals surface area contributed by atoms with Gasteiger partial charge < -0.3 is 10.6 Å². The van der Waals surface area contributed by atoms with Gasteiger partial charge >= 0.3 is 0 Å². The number of hydrogen-bond donors (Lipinski definition) is 3. The van der Waals surface area contributed by atoms with E-state index in [0.29, 0.717) is 18.2 Å². The summed E-state index contributed by atoms with van der Waals surface area (Å²) in [5.74, 6) is 0.220. The lowest BCUT2D eigenvalue weighted by Gasteiger charge is -2.22. The van der Waals surface area contributed by atoms with Crippen LogP contribution in [0, 0.1) is 12.8 Å². The maximum Gasteiger partial charge on any atom is 0.271 e. The first kappa shape index (κ1) is 18.3. The van der Waals surface area contributed by atoms with Crippen LogP contribution in [0.3, 0.4) is 0 Å². The van der Waals surface area contributed by atoms with Gasteiger partial charge in [-0.2, -0.15) is 0 Å². The average Bonchev–Trinajstić information content (AvgIpc) is 2.96. The van der Waals surface area contributed by atoms with Gasteiger partial charge in [0.05, 0.1) is 5.69 Å². The summed E-state index contributed by atoms with van der Waals surface area (Å²) in [4.78, 5) is 24.3. The fourth-order valence-electron chi connectivity index (χ4n) is 2.83. The Balaban J connectivity index is 0.00000208. The van der Waals surface area contributed by atoms with Gasteiger partial charge in [-0.25, -0.2) is 4.68 Å². The number of carbonyl (C=O) groups is 1. The van der Waals surface area contributed by atoms with Crippen LogP contribution in [0.5, 0.6) is 0 Å². The zero-order valence-electron chi connectivity index (χ0n) is 13.7.